The standard InChI is InChI=1S/C22H17N3O5/c1-30-22(29)14-5-4-6-17(10-14)24-21(28)15(11-23)9-16-12-25(13-20(26)27)19-8-3-2-7-18(16)19/h2-10,12H,13H2,1H3,(H,24,28)(H,26,27). The normalized spacial score (nSPS) is 11.0. The van der Waals surface area contributed by atoms with E-state index >= 15 is 0 Å². The number of carboxylic acids is 1. The summed E-state index contributed by atoms with van der Waals surface area (Å²) < 4.78 is 6.19. The number of hydrogen-bond donors (Lipinski definition) is 2. The van der Waals surface area contributed by atoms with Crippen LogP contribution in [0.2, 0.25) is 0 Å². The van der Waals surface area contributed by atoms with Gasteiger partial charge in [-0.2, -0.15) is 5.26 Å². The first kappa shape index (κ1) is 20.4. The largest absolute Gasteiger partial charge is 0.480 e. The SMILES string of the molecule is COC(=O)c1cccc(NC(=O)C(C#N)=Cc2cn(CC(=O)O)c3ccccc23)c1. The van der Waals surface area contributed by atoms with Crippen LogP contribution in [0.3, 0.4) is 0 Å². The number of fused-ring (bicyclic) bond motifs is 1. The molecule has 0 aliphatic carbocycles. The van der Waals surface area contributed by atoms with Gasteiger partial charge in [0.2, 0.25) is 0 Å². The van der Waals surface area contributed by atoms with E-state index in [0.717, 1.165) is 0 Å². The predicted octanol–water partition coefficient (Wildman–Crippen LogP) is 3.06. The smallest absolute Gasteiger partial charge is 0.337 e. The van der Waals surface area contributed by atoms with Crippen LogP contribution in [-0.4, -0.2) is 34.6 Å². The lowest BCUT2D eigenvalue weighted by atomic mass is 10.1. The number of carbonyl (C=O) groups excluding carboxylic acids is 2. The van der Waals surface area contributed by atoms with Crippen LogP contribution in [0.4, 0.5) is 5.69 Å². The van der Waals surface area contributed by atoms with Gasteiger partial charge in [-0.05, 0) is 30.3 Å². The van der Waals surface area contributed by atoms with Crippen LogP contribution < -0.4 is 5.32 Å². The topological polar surface area (TPSA) is 121 Å². The molecular formula is C22H17N3O5. The van der Waals surface area contributed by atoms with Crippen LogP contribution in [0.25, 0.3) is 17.0 Å². The number of aromatic nitrogens is 1. The minimum atomic E-state index is -1.00. The number of esters is 1. The molecular weight excluding hydrogens is 386 g/mol. The van der Waals surface area contributed by atoms with Gasteiger partial charge in [0.05, 0.1) is 12.7 Å². The highest BCUT2D eigenvalue weighted by Gasteiger charge is 2.14. The summed E-state index contributed by atoms with van der Waals surface area (Å²) in [7, 11) is 1.25. The third-order valence-electron chi connectivity index (χ3n) is 4.33. The zero-order chi connectivity index (χ0) is 21.7. The molecule has 30 heavy (non-hydrogen) atoms. The molecule has 1 heterocycles. The van der Waals surface area contributed by atoms with Crippen molar-refractivity contribution in [2.75, 3.05) is 12.4 Å². The summed E-state index contributed by atoms with van der Waals surface area (Å²) >= 11 is 0. The molecule has 1 amide bonds. The van der Waals surface area contributed by atoms with Gasteiger partial charge in [-0.1, -0.05) is 24.3 Å². The van der Waals surface area contributed by atoms with E-state index in [-0.39, 0.29) is 17.7 Å². The highest BCUT2D eigenvalue weighted by molar-refractivity contribution is 6.11. The van der Waals surface area contributed by atoms with E-state index in [4.69, 9.17) is 5.11 Å². The molecule has 0 aliphatic heterocycles. The van der Waals surface area contributed by atoms with Crippen molar-refractivity contribution in [1.82, 2.24) is 4.57 Å². The van der Waals surface area contributed by atoms with Crippen LogP contribution in [0.15, 0.2) is 60.3 Å². The van der Waals surface area contributed by atoms with Gasteiger partial charge in [0.25, 0.3) is 5.91 Å². The number of para-hydroxylation sites is 1. The van der Waals surface area contributed by atoms with Gasteiger partial charge in [0.1, 0.15) is 18.2 Å². The summed E-state index contributed by atoms with van der Waals surface area (Å²) in [6, 6.07) is 15.1. The number of hydrogen-bond acceptors (Lipinski definition) is 5. The molecule has 2 aromatic carbocycles. The van der Waals surface area contributed by atoms with Crippen molar-refractivity contribution in [3.05, 3.63) is 71.4 Å². The zero-order valence-electron chi connectivity index (χ0n) is 16.0. The first-order chi connectivity index (χ1) is 14.4. The molecule has 0 spiro atoms. The van der Waals surface area contributed by atoms with Crippen LogP contribution in [0.1, 0.15) is 15.9 Å². The second-order valence-electron chi connectivity index (χ2n) is 6.32. The zero-order valence-corrected chi connectivity index (χ0v) is 16.0. The Labute approximate surface area is 171 Å². The Morgan fingerprint density at radius 2 is 1.97 bits per heavy atom. The molecule has 3 rings (SSSR count). The van der Waals surface area contributed by atoms with Gasteiger partial charge >= 0.3 is 11.9 Å². The van der Waals surface area contributed by atoms with E-state index in [1.807, 2.05) is 6.07 Å². The Balaban J connectivity index is 1.93. The highest BCUT2D eigenvalue weighted by Crippen LogP contribution is 2.24. The molecule has 0 aliphatic rings. The number of amides is 1. The van der Waals surface area contributed by atoms with Crippen molar-refractivity contribution < 1.29 is 24.2 Å². The second kappa shape index (κ2) is 8.75. The lowest BCUT2D eigenvalue weighted by molar-refractivity contribution is -0.137. The number of carbonyl (C=O) groups is 3. The number of aliphatic carboxylic acids is 1. The van der Waals surface area contributed by atoms with E-state index < -0.39 is 17.8 Å². The molecule has 8 nitrogen and oxygen atoms in total. The molecule has 0 atom stereocenters. The fraction of sp³-hybridized carbons (Fsp3) is 0.0909. The predicted molar refractivity (Wildman–Crippen MR) is 110 cm³/mol. The van der Waals surface area contributed by atoms with E-state index in [9.17, 15) is 19.6 Å². The number of nitriles is 1. The van der Waals surface area contributed by atoms with Crippen molar-refractivity contribution in [1.29, 1.82) is 5.26 Å². The molecule has 3 aromatic rings. The minimum absolute atomic E-state index is 0.170. The van der Waals surface area contributed by atoms with E-state index in [2.05, 4.69) is 10.1 Å². The Morgan fingerprint density at radius 3 is 2.67 bits per heavy atom. The first-order valence-electron chi connectivity index (χ1n) is 8.84. The van der Waals surface area contributed by atoms with Crippen LogP contribution >= 0.6 is 0 Å². The maximum atomic E-state index is 12.6. The number of methoxy groups -OCH3 is 1. The second-order valence-corrected chi connectivity index (χ2v) is 6.32. The monoisotopic (exact) mass is 403 g/mol. The number of carboxylic acid groups (broad SMARTS) is 1. The first-order valence-corrected chi connectivity index (χ1v) is 8.84. The molecule has 2 N–H and O–H groups in total. The van der Waals surface area contributed by atoms with Gasteiger partial charge in [0, 0.05) is 28.4 Å². The molecule has 8 heteroatoms. The Morgan fingerprint density at radius 1 is 1.20 bits per heavy atom. The number of rotatable bonds is 6. The molecule has 0 unspecified atom stereocenters. The Bertz CT molecular complexity index is 1220. The minimum Gasteiger partial charge on any atom is -0.480 e. The third kappa shape index (κ3) is 4.36. The van der Waals surface area contributed by atoms with E-state index in [0.29, 0.717) is 22.2 Å². The van der Waals surface area contributed by atoms with Gasteiger partial charge in [-0.3, -0.25) is 9.59 Å². The number of anilines is 1. The molecule has 0 bridgehead atoms. The molecule has 0 saturated heterocycles. The van der Waals surface area contributed by atoms with Crippen molar-refractivity contribution in [2.24, 2.45) is 0 Å². The van der Waals surface area contributed by atoms with E-state index in [1.165, 1.54) is 23.8 Å². The summed E-state index contributed by atoms with van der Waals surface area (Å²) in [5.74, 6) is -2.21. The summed E-state index contributed by atoms with van der Waals surface area (Å²) in [5, 5.41) is 21.9. The lowest BCUT2D eigenvalue weighted by Crippen LogP contribution is -2.14. The van der Waals surface area contributed by atoms with Crippen molar-refractivity contribution in [2.45, 2.75) is 6.54 Å². The summed E-state index contributed by atoms with van der Waals surface area (Å²) in [4.78, 5) is 35.4. The molecule has 0 saturated carbocycles. The maximum absolute atomic E-state index is 12.6. The number of benzene rings is 2. The van der Waals surface area contributed by atoms with E-state index in [1.54, 1.807) is 48.7 Å². The average Bonchev–Trinajstić information content (AvgIpc) is 3.08. The summed E-state index contributed by atoms with van der Waals surface area (Å²) in [5.41, 5.74) is 1.64. The summed E-state index contributed by atoms with van der Waals surface area (Å²) in [6.45, 7) is -0.247. The fourth-order valence-electron chi connectivity index (χ4n) is 3.01. The number of nitrogens with zero attached hydrogens (tertiary/aromatic N) is 2. The van der Waals surface area contributed by atoms with Crippen LogP contribution in [0.5, 0.6) is 0 Å². The quantitative estimate of drug-likeness (QED) is 0.371. The van der Waals surface area contributed by atoms with Gasteiger partial charge in [-0.15, -0.1) is 0 Å². The third-order valence-corrected chi connectivity index (χ3v) is 4.33. The van der Waals surface area contributed by atoms with Crippen molar-refractivity contribution in [3.8, 4) is 6.07 Å². The molecule has 1 aromatic heterocycles. The van der Waals surface area contributed by atoms with Crippen LogP contribution in [0, 0.1) is 11.3 Å². The maximum Gasteiger partial charge on any atom is 0.337 e. The van der Waals surface area contributed by atoms with Gasteiger partial charge in [0.15, 0.2) is 0 Å². The Hall–Kier alpha value is -4.38. The Kier molecular flexibility index (Phi) is 5.94. The molecule has 150 valence electrons. The summed E-state index contributed by atoms with van der Waals surface area (Å²) in [6.07, 6.45) is 2.99. The highest BCUT2D eigenvalue weighted by atomic mass is 16.5. The van der Waals surface area contributed by atoms with Crippen molar-refractivity contribution in [3.63, 3.8) is 0 Å². The average molecular weight is 403 g/mol. The van der Waals surface area contributed by atoms with Gasteiger partial charge < -0.3 is 19.7 Å². The molecule has 0 fully saturated rings. The number of ether oxygens (including phenoxy) is 1. The fourth-order valence-corrected chi connectivity index (χ4v) is 3.01. The van der Waals surface area contributed by atoms with Gasteiger partial charge in [-0.25, -0.2) is 4.79 Å². The lowest BCUT2D eigenvalue weighted by Gasteiger charge is -2.06. The van der Waals surface area contributed by atoms with Crippen molar-refractivity contribution >= 4 is 40.5 Å². The van der Waals surface area contributed by atoms with Crippen LogP contribution in [-0.2, 0) is 20.9 Å². The molecule has 0 radical (unpaired) electrons. The number of nitrogens with one attached hydrogen (secondary N) is 1.